The quantitative estimate of drug-likeness (QED) is 0.687. The summed E-state index contributed by atoms with van der Waals surface area (Å²) in [6, 6.07) is 9.63. The fourth-order valence-electron chi connectivity index (χ4n) is 3.64. The van der Waals surface area contributed by atoms with Crippen LogP contribution in [0.4, 0.5) is 5.82 Å². The largest absolute Gasteiger partial charge is 0.497 e. The van der Waals surface area contributed by atoms with Crippen LogP contribution in [0.15, 0.2) is 30.3 Å². The summed E-state index contributed by atoms with van der Waals surface area (Å²) in [5.41, 5.74) is 0.400. The van der Waals surface area contributed by atoms with Crippen molar-refractivity contribution >= 4 is 11.7 Å². The van der Waals surface area contributed by atoms with Gasteiger partial charge in [0.05, 0.1) is 13.7 Å². The number of rotatable bonds is 8. The van der Waals surface area contributed by atoms with Crippen molar-refractivity contribution in [3.8, 4) is 11.5 Å². The smallest absolute Gasteiger partial charge is 0.270 e. The topological polar surface area (TPSA) is 76.6 Å². The van der Waals surface area contributed by atoms with Crippen molar-refractivity contribution in [3.63, 3.8) is 0 Å². The summed E-state index contributed by atoms with van der Waals surface area (Å²) in [7, 11) is 1.62. The first-order chi connectivity index (χ1) is 14.1. The van der Waals surface area contributed by atoms with Crippen molar-refractivity contribution < 1.29 is 14.3 Å². The van der Waals surface area contributed by atoms with Crippen LogP contribution in [0.1, 0.15) is 48.9 Å². The van der Waals surface area contributed by atoms with E-state index < -0.39 is 0 Å². The minimum atomic E-state index is -0.208. The van der Waals surface area contributed by atoms with Crippen LogP contribution in [0.2, 0.25) is 0 Å². The van der Waals surface area contributed by atoms with E-state index in [0.717, 1.165) is 36.7 Å². The van der Waals surface area contributed by atoms with Crippen LogP contribution in [0.5, 0.6) is 11.5 Å². The molecular formula is C22H30N4O3. The number of ether oxygens (including phenoxy) is 2. The minimum Gasteiger partial charge on any atom is -0.497 e. The molecule has 29 heavy (non-hydrogen) atoms. The van der Waals surface area contributed by atoms with Gasteiger partial charge >= 0.3 is 0 Å². The lowest BCUT2D eigenvalue weighted by Crippen LogP contribution is -2.40. The van der Waals surface area contributed by atoms with Crippen LogP contribution >= 0.6 is 0 Å². The minimum absolute atomic E-state index is 0.208. The van der Waals surface area contributed by atoms with Crippen LogP contribution < -0.4 is 19.7 Å². The van der Waals surface area contributed by atoms with Gasteiger partial charge in [0.2, 0.25) is 0 Å². The summed E-state index contributed by atoms with van der Waals surface area (Å²) in [4.78, 5) is 23.8. The number of aromatic nitrogens is 2. The molecule has 0 radical (unpaired) electrons. The van der Waals surface area contributed by atoms with Crippen LogP contribution in [-0.4, -0.2) is 48.7 Å². The number of methoxy groups -OCH3 is 1. The number of carbonyl (C=O) groups is 1. The molecule has 1 unspecified atom stereocenters. The Hall–Kier alpha value is -2.83. The van der Waals surface area contributed by atoms with Gasteiger partial charge in [-0.3, -0.25) is 4.79 Å². The predicted octanol–water partition coefficient (Wildman–Crippen LogP) is 3.37. The van der Waals surface area contributed by atoms with Gasteiger partial charge in [-0.25, -0.2) is 9.97 Å². The van der Waals surface area contributed by atoms with E-state index in [-0.39, 0.29) is 5.91 Å². The van der Waals surface area contributed by atoms with Gasteiger partial charge in [-0.15, -0.1) is 0 Å². The average molecular weight is 399 g/mol. The molecule has 2 heterocycles. The van der Waals surface area contributed by atoms with Gasteiger partial charge in [-0.2, -0.15) is 0 Å². The van der Waals surface area contributed by atoms with Crippen molar-refractivity contribution in [2.45, 2.75) is 45.6 Å². The number of aryl methyl sites for hydroxylation is 1. The van der Waals surface area contributed by atoms with Gasteiger partial charge in [-0.05, 0) is 56.9 Å². The van der Waals surface area contributed by atoms with Gasteiger partial charge in [0.15, 0.2) is 0 Å². The molecule has 0 bridgehead atoms. The second kappa shape index (κ2) is 10.1. The van der Waals surface area contributed by atoms with Gasteiger partial charge in [0, 0.05) is 18.7 Å². The molecule has 3 rings (SSSR count). The lowest BCUT2D eigenvalue weighted by atomic mass is 10.00. The normalized spacial score (nSPS) is 16.4. The highest BCUT2D eigenvalue weighted by molar-refractivity contribution is 5.93. The zero-order valence-electron chi connectivity index (χ0n) is 17.5. The van der Waals surface area contributed by atoms with Crippen molar-refractivity contribution in [2.75, 3.05) is 31.7 Å². The molecule has 1 aromatic heterocycles. The molecule has 1 fully saturated rings. The van der Waals surface area contributed by atoms with E-state index in [1.807, 2.05) is 31.2 Å². The molecule has 1 aliphatic rings. The Morgan fingerprint density at radius 2 is 1.97 bits per heavy atom. The molecule has 1 N–H and O–H groups in total. The number of hydrogen-bond donors (Lipinski definition) is 1. The van der Waals surface area contributed by atoms with E-state index in [0.29, 0.717) is 30.7 Å². The van der Waals surface area contributed by atoms with E-state index in [9.17, 15) is 4.79 Å². The highest BCUT2D eigenvalue weighted by atomic mass is 16.5. The number of benzene rings is 1. The number of piperidine rings is 1. The molecule has 7 heteroatoms. The van der Waals surface area contributed by atoms with Crippen LogP contribution in [-0.2, 0) is 0 Å². The lowest BCUT2D eigenvalue weighted by molar-refractivity contribution is 0.0941. The van der Waals surface area contributed by atoms with E-state index in [2.05, 4.69) is 27.1 Å². The summed E-state index contributed by atoms with van der Waals surface area (Å²) >= 11 is 0. The molecule has 1 aliphatic heterocycles. The van der Waals surface area contributed by atoms with Crippen LogP contribution in [0, 0.1) is 6.92 Å². The molecule has 1 saturated heterocycles. The third-order valence-electron chi connectivity index (χ3n) is 5.17. The second-order valence-corrected chi connectivity index (χ2v) is 7.19. The summed E-state index contributed by atoms with van der Waals surface area (Å²) in [5.74, 6) is 2.77. The molecule has 7 nitrogen and oxygen atoms in total. The first-order valence-corrected chi connectivity index (χ1v) is 10.3. The monoisotopic (exact) mass is 398 g/mol. The zero-order valence-corrected chi connectivity index (χ0v) is 17.5. The van der Waals surface area contributed by atoms with Crippen molar-refractivity contribution in [2.24, 2.45) is 0 Å². The van der Waals surface area contributed by atoms with Crippen molar-refractivity contribution in [1.29, 1.82) is 0 Å². The number of amides is 1. The Morgan fingerprint density at radius 1 is 1.21 bits per heavy atom. The van der Waals surface area contributed by atoms with Gasteiger partial charge in [-0.1, -0.05) is 6.92 Å². The number of hydrogen-bond acceptors (Lipinski definition) is 6. The van der Waals surface area contributed by atoms with Gasteiger partial charge in [0.25, 0.3) is 5.91 Å². The third kappa shape index (κ3) is 5.59. The van der Waals surface area contributed by atoms with E-state index in [1.165, 1.54) is 12.8 Å². The molecule has 1 amide bonds. The van der Waals surface area contributed by atoms with Gasteiger partial charge < -0.3 is 19.7 Å². The van der Waals surface area contributed by atoms with Gasteiger partial charge in [0.1, 0.15) is 35.4 Å². The third-order valence-corrected chi connectivity index (χ3v) is 5.17. The second-order valence-electron chi connectivity index (χ2n) is 7.19. The Kier molecular flexibility index (Phi) is 7.27. The fraction of sp³-hybridized carbons (Fsp3) is 0.500. The standard InChI is InChI=1S/C22H30N4O3/c1-4-17-7-5-6-13-26(17)21-15-20(24-16(2)25-21)22(27)23-12-14-29-19-10-8-18(28-3)9-11-19/h8-11,15,17H,4-7,12-14H2,1-3H3,(H,23,27). The van der Waals surface area contributed by atoms with Crippen LogP contribution in [0.3, 0.4) is 0 Å². The maximum Gasteiger partial charge on any atom is 0.270 e. The molecule has 0 spiro atoms. The van der Waals surface area contributed by atoms with E-state index in [1.54, 1.807) is 13.2 Å². The highest BCUT2D eigenvalue weighted by Gasteiger charge is 2.23. The van der Waals surface area contributed by atoms with E-state index >= 15 is 0 Å². The van der Waals surface area contributed by atoms with Crippen molar-refractivity contribution in [1.82, 2.24) is 15.3 Å². The predicted molar refractivity (Wildman–Crippen MR) is 113 cm³/mol. The van der Waals surface area contributed by atoms with E-state index in [4.69, 9.17) is 9.47 Å². The summed E-state index contributed by atoms with van der Waals surface area (Å²) in [6.45, 7) is 5.78. The Morgan fingerprint density at radius 3 is 2.69 bits per heavy atom. The Balaban J connectivity index is 1.56. The Bertz CT molecular complexity index is 810. The first kappa shape index (κ1) is 20.9. The Labute approximate surface area is 172 Å². The molecule has 1 aromatic carbocycles. The summed E-state index contributed by atoms with van der Waals surface area (Å²) < 4.78 is 10.8. The number of nitrogens with one attached hydrogen (secondary N) is 1. The fourth-order valence-corrected chi connectivity index (χ4v) is 3.64. The maximum absolute atomic E-state index is 12.6. The number of nitrogens with zero attached hydrogens (tertiary/aromatic N) is 3. The average Bonchev–Trinajstić information content (AvgIpc) is 2.76. The molecule has 1 atom stereocenters. The molecule has 2 aromatic rings. The SMILES string of the molecule is CCC1CCCCN1c1cc(C(=O)NCCOc2ccc(OC)cc2)nc(C)n1. The molecule has 156 valence electrons. The lowest BCUT2D eigenvalue weighted by Gasteiger charge is -2.36. The zero-order chi connectivity index (χ0) is 20.6. The molecule has 0 saturated carbocycles. The maximum atomic E-state index is 12.6. The number of anilines is 1. The van der Waals surface area contributed by atoms with Crippen molar-refractivity contribution in [3.05, 3.63) is 41.9 Å². The first-order valence-electron chi connectivity index (χ1n) is 10.3. The summed E-state index contributed by atoms with van der Waals surface area (Å²) in [5, 5.41) is 2.88. The number of carbonyl (C=O) groups excluding carboxylic acids is 1. The summed E-state index contributed by atoms with van der Waals surface area (Å²) in [6.07, 6.45) is 4.65. The van der Waals surface area contributed by atoms with Crippen LogP contribution in [0.25, 0.3) is 0 Å². The highest BCUT2D eigenvalue weighted by Crippen LogP contribution is 2.25. The molecule has 0 aliphatic carbocycles. The molecular weight excluding hydrogens is 368 g/mol.